The van der Waals surface area contributed by atoms with Crippen LogP contribution in [0.2, 0.25) is 0 Å². The summed E-state index contributed by atoms with van der Waals surface area (Å²) in [5, 5.41) is 0. The summed E-state index contributed by atoms with van der Waals surface area (Å²) < 4.78 is 9.38. The van der Waals surface area contributed by atoms with Crippen molar-refractivity contribution in [3.8, 4) is 5.75 Å². The summed E-state index contributed by atoms with van der Waals surface area (Å²) in [6.45, 7) is 1.95. The molecule has 0 N–H and O–H groups in total. The van der Waals surface area contributed by atoms with Crippen LogP contribution in [0.15, 0.2) is 24.3 Å². The van der Waals surface area contributed by atoms with E-state index in [-0.39, 0.29) is 12.6 Å². The smallest absolute Gasteiger partial charge is 0.302 e. The van der Waals surface area contributed by atoms with Gasteiger partial charge in [-0.3, -0.25) is 9.59 Å². The van der Waals surface area contributed by atoms with E-state index < -0.39 is 0 Å². The molecular formula is C10H10O4. The van der Waals surface area contributed by atoms with Crippen LogP contribution in [0.25, 0.3) is 0 Å². The van der Waals surface area contributed by atoms with E-state index in [9.17, 15) is 9.59 Å². The van der Waals surface area contributed by atoms with Gasteiger partial charge < -0.3 is 9.47 Å². The second-order valence-electron chi connectivity index (χ2n) is 2.64. The summed E-state index contributed by atoms with van der Waals surface area (Å²) >= 11 is 0. The first-order chi connectivity index (χ1) is 6.72. The average Bonchev–Trinajstić information content (AvgIpc) is 2.17. The van der Waals surface area contributed by atoms with Gasteiger partial charge in [0.05, 0.1) is 0 Å². The van der Waals surface area contributed by atoms with E-state index in [1.54, 1.807) is 24.3 Å². The zero-order valence-corrected chi connectivity index (χ0v) is 7.73. The Kier molecular flexibility index (Phi) is 3.67. The molecular weight excluding hydrogens is 184 g/mol. The molecule has 0 unspecified atom stereocenters. The van der Waals surface area contributed by atoms with Crippen molar-refractivity contribution in [2.24, 2.45) is 0 Å². The summed E-state index contributed by atoms with van der Waals surface area (Å²) in [6.07, 6.45) is 0. The van der Waals surface area contributed by atoms with Crippen molar-refractivity contribution in [2.45, 2.75) is 13.5 Å². The maximum Gasteiger partial charge on any atom is 0.302 e. The van der Waals surface area contributed by atoms with Crippen molar-refractivity contribution in [1.29, 1.82) is 0 Å². The Hall–Kier alpha value is -1.84. The van der Waals surface area contributed by atoms with Crippen molar-refractivity contribution in [3.05, 3.63) is 29.8 Å². The number of esters is 1. The van der Waals surface area contributed by atoms with Crippen molar-refractivity contribution < 1.29 is 19.1 Å². The number of hydrogen-bond donors (Lipinski definition) is 0. The summed E-state index contributed by atoms with van der Waals surface area (Å²) in [5.74, 6) is 0.143. The van der Waals surface area contributed by atoms with E-state index in [1.807, 2.05) is 0 Å². The zero-order chi connectivity index (χ0) is 10.4. The molecule has 4 nitrogen and oxygen atoms in total. The Morgan fingerprint density at radius 3 is 2.50 bits per heavy atom. The molecule has 1 aromatic rings. The van der Waals surface area contributed by atoms with Gasteiger partial charge in [-0.2, -0.15) is 0 Å². The highest BCUT2D eigenvalue weighted by atomic mass is 16.5. The minimum Gasteiger partial charge on any atom is -0.461 e. The first kappa shape index (κ1) is 10.2. The monoisotopic (exact) mass is 194 g/mol. The first-order valence-corrected chi connectivity index (χ1v) is 4.05. The molecule has 0 atom stereocenters. The summed E-state index contributed by atoms with van der Waals surface area (Å²) in [5.41, 5.74) is 0.846. The number of rotatable bonds is 4. The molecule has 0 heterocycles. The van der Waals surface area contributed by atoms with Gasteiger partial charge in [-0.25, -0.2) is 0 Å². The third-order valence-electron chi connectivity index (χ3n) is 1.55. The van der Waals surface area contributed by atoms with E-state index >= 15 is 0 Å². The van der Waals surface area contributed by atoms with Crippen LogP contribution in [0.1, 0.15) is 12.5 Å². The topological polar surface area (TPSA) is 52.6 Å². The fraction of sp³-hybridized carbons (Fsp3) is 0.200. The Labute approximate surface area is 81.4 Å². The van der Waals surface area contributed by atoms with E-state index in [1.165, 1.54) is 6.92 Å². The predicted molar refractivity (Wildman–Crippen MR) is 48.6 cm³/mol. The molecule has 0 aliphatic carbocycles. The van der Waals surface area contributed by atoms with Gasteiger partial charge in [0.2, 0.25) is 0 Å². The molecule has 14 heavy (non-hydrogen) atoms. The van der Waals surface area contributed by atoms with Crippen LogP contribution in [0.5, 0.6) is 5.75 Å². The summed E-state index contributed by atoms with van der Waals surface area (Å²) in [7, 11) is 0. The van der Waals surface area contributed by atoms with Crippen LogP contribution in [-0.2, 0) is 20.9 Å². The molecule has 0 spiro atoms. The van der Waals surface area contributed by atoms with Crippen LogP contribution < -0.4 is 4.74 Å². The van der Waals surface area contributed by atoms with Crippen LogP contribution in [-0.4, -0.2) is 12.4 Å². The SMILES string of the molecule is CC(=O)OCc1ccc(OC=O)cc1. The summed E-state index contributed by atoms with van der Waals surface area (Å²) in [6, 6.07) is 6.71. The molecule has 1 aromatic carbocycles. The lowest BCUT2D eigenvalue weighted by Crippen LogP contribution is -1.98. The third kappa shape index (κ3) is 3.26. The van der Waals surface area contributed by atoms with Crippen molar-refractivity contribution in [2.75, 3.05) is 0 Å². The van der Waals surface area contributed by atoms with E-state index in [0.29, 0.717) is 12.2 Å². The van der Waals surface area contributed by atoms with Crippen LogP contribution in [0, 0.1) is 0 Å². The molecule has 0 aromatic heterocycles. The lowest BCUT2D eigenvalue weighted by atomic mass is 10.2. The predicted octanol–water partition coefficient (Wildman–Crippen LogP) is 1.28. The zero-order valence-electron chi connectivity index (χ0n) is 7.73. The molecule has 0 aliphatic rings. The number of carbonyl (C=O) groups excluding carboxylic acids is 2. The fourth-order valence-electron chi connectivity index (χ4n) is 0.905. The van der Waals surface area contributed by atoms with E-state index in [4.69, 9.17) is 4.74 Å². The molecule has 0 bridgehead atoms. The molecule has 0 radical (unpaired) electrons. The van der Waals surface area contributed by atoms with Gasteiger partial charge in [-0.15, -0.1) is 0 Å². The molecule has 4 heteroatoms. The van der Waals surface area contributed by atoms with Gasteiger partial charge in [0.1, 0.15) is 12.4 Å². The largest absolute Gasteiger partial charge is 0.461 e. The van der Waals surface area contributed by atoms with Crippen molar-refractivity contribution >= 4 is 12.4 Å². The van der Waals surface area contributed by atoms with Crippen molar-refractivity contribution in [1.82, 2.24) is 0 Å². The Morgan fingerprint density at radius 2 is 2.00 bits per heavy atom. The highest BCUT2D eigenvalue weighted by molar-refractivity contribution is 5.65. The Morgan fingerprint density at radius 1 is 1.36 bits per heavy atom. The Bertz CT molecular complexity index is 315. The van der Waals surface area contributed by atoms with Gasteiger partial charge in [0, 0.05) is 6.92 Å². The van der Waals surface area contributed by atoms with Gasteiger partial charge in [-0.05, 0) is 17.7 Å². The van der Waals surface area contributed by atoms with Crippen molar-refractivity contribution in [3.63, 3.8) is 0 Å². The second-order valence-corrected chi connectivity index (χ2v) is 2.64. The maximum atomic E-state index is 10.5. The quantitative estimate of drug-likeness (QED) is 0.535. The highest BCUT2D eigenvalue weighted by Crippen LogP contribution is 2.11. The van der Waals surface area contributed by atoms with E-state index in [0.717, 1.165) is 5.56 Å². The maximum absolute atomic E-state index is 10.5. The highest BCUT2D eigenvalue weighted by Gasteiger charge is 1.97. The first-order valence-electron chi connectivity index (χ1n) is 4.05. The van der Waals surface area contributed by atoms with E-state index in [2.05, 4.69) is 4.74 Å². The fourth-order valence-corrected chi connectivity index (χ4v) is 0.905. The number of benzene rings is 1. The van der Waals surface area contributed by atoms with Gasteiger partial charge in [0.25, 0.3) is 6.47 Å². The molecule has 74 valence electrons. The molecule has 0 fully saturated rings. The molecule has 0 aliphatic heterocycles. The van der Waals surface area contributed by atoms with Crippen LogP contribution in [0.3, 0.4) is 0 Å². The number of carbonyl (C=O) groups is 2. The van der Waals surface area contributed by atoms with Gasteiger partial charge >= 0.3 is 5.97 Å². The normalized spacial score (nSPS) is 9.21. The number of ether oxygens (including phenoxy) is 2. The molecule has 0 amide bonds. The standard InChI is InChI=1S/C10H10O4/c1-8(12)13-6-9-2-4-10(5-3-9)14-7-11/h2-5,7H,6H2,1H3. The third-order valence-corrected chi connectivity index (χ3v) is 1.55. The van der Waals surface area contributed by atoms with Crippen LogP contribution in [0.4, 0.5) is 0 Å². The minimum absolute atomic E-state index is 0.233. The van der Waals surface area contributed by atoms with Gasteiger partial charge in [0.15, 0.2) is 0 Å². The summed E-state index contributed by atoms with van der Waals surface area (Å²) in [4.78, 5) is 20.5. The Balaban J connectivity index is 2.54. The average molecular weight is 194 g/mol. The second kappa shape index (κ2) is 5.01. The van der Waals surface area contributed by atoms with Gasteiger partial charge in [-0.1, -0.05) is 12.1 Å². The lowest BCUT2D eigenvalue weighted by Gasteiger charge is -2.02. The molecule has 0 saturated carbocycles. The molecule has 0 saturated heterocycles. The molecule has 1 rings (SSSR count). The van der Waals surface area contributed by atoms with Crippen LogP contribution >= 0.6 is 0 Å². The number of hydrogen-bond acceptors (Lipinski definition) is 4. The minimum atomic E-state index is -0.321. The lowest BCUT2D eigenvalue weighted by molar-refractivity contribution is -0.142.